The number of aliphatic imine (C=N–C) groups is 1. The van der Waals surface area contributed by atoms with Gasteiger partial charge in [-0.2, -0.15) is 13.2 Å². The molecule has 0 spiro atoms. The standard InChI is InChI=1S/C27H25F3N6OS/c1-4-31-25-24-22(7-8-38-24)36(15-33-25)23-12-20(6-5-16(23)2)34-26(37)18-9-19(27(28,29)30)11-21(10-18)35-13-17(3)32-14-35/h5-14H,4,15H2,1-3H3,(H,31,33)(H,34,37). The van der Waals surface area contributed by atoms with Crippen molar-refractivity contribution in [2.24, 2.45) is 4.99 Å². The average molecular weight is 539 g/mol. The number of aryl methyl sites for hydroxylation is 2. The number of benzene rings is 2. The van der Waals surface area contributed by atoms with E-state index in [1.807, 2.05) is 37.4 Å². The van der Waals surface area contributed by atoms with E-state index >= 15 is 0 Å². The molecule has 1 aliphatic rings. The number of nitrogens with zero attached hydrogens (tertiary/aromatic N) is 4. The molecule has 0 unspecified atom stereocenters. The van der Waals surface area contributed by atoms with E-state index < -0.39 is 17.6 Å². The van der Waals surface area contributed by atoms with Gasteiger partial charge in [0.1, 0.15) is 12.5 Å². The van der Waals surface area contributed by atoms with Crippen LogP contribution in [0.1, 0.15) is 39.0 Å². The number of alkyl halides is 3. The van der Waals surface area contributed by atoms with Gasteiger partial charge in [0.2, 0.25) is 0 Å². The summed E-state index contributed by atoms with van der Waals surface area (Å²) in [6.07, 6.45) is -1.60. The molecule has 0 atom stereocenters. The van der Waals surface area contributed by atoms with Crippen LogP contribution < -0.4 is 15.5 Å². The molecule has 2 N–H and O–H groups in total. The third-order valence-corrected chi connectivity index (χ3v) is 7.05. The van der Waals surface area contributed by atoms with E-state index in [9.17, 15) is 18.0 Å². The monoisotopic (exact) mass is 538 g/mol. The third-order valence-electron chi connectivity index (χ3n) is 6.14. The number of aromatic nitrogens is 2. The molecule has 11 heteroatoms. The first-order valence-electron chi connectivity index (χ1n) is 11.9. The number of imidazole rings is 1. The van der Waals surface area contributed by atoms with Gasteiger partial charge in [-0.1, -0.05) is 6.07 Å². The van der Waals surface area contributed by atoms with E-state index in [0.29, 0.717) is 18.1 Å². The Kier molecular flexibility index (Phi) is 6.70. The number of amides is 1. The lowest BCUT2D eigenvalue weighted by atomic mass is 10.1. The second-order valence-electron chi connectivity index (χ2n) is 8.89. The summed E-state index contributed by atoms with van der Waals surface area (Å²) in [6, 6.07) is 10.7. The number of carbonyl (C=O) groups is 1. The predicted molar refractivity (Wildman–Crippen MR) is 144 cm³/mol. The first-order chi connectivity index (χ1) is 18.1. The van der Waals surface area contributed by atoms with Crippen LogP contribution in [0.25, 0.3) is 5.69 Å². The molecule has 0 bridgehead atoms. The number of anilines is 3. The van der Waals surface area contributed by atoms with Gasteiger partial charge in [-0.15, -0.1) is 11.3 Å². The van der Waals surface area contributed by atoms with E-state index in [2.05, 4.69) is 25.5 Å². The minimum atomic E-state index is -4.61. The number of nitrogens with one attached hydrogen (secondary N) is 2. The normalized spacial score (nSPS) is 13.2. The van der Waals surface area contributed by atoms with Crippen LogP contribution in [0, 0.1) is 13.8 Å². The van der Waals surface area contributed by atoms with Crippen LogP contribution in [0.3, 0.4) is 0 Å². The fourth-order valence-electron chi connectivity index (χ4n) is 4.29. The Bertz CT molecular complexity index is 1540. The molecule has 0 saturated heterocycles. The largest absolute Gasteiger partial charge is 0.416 e. The quantitative estimate of drug-likeness (QED) is 0.313. The first kappa shape index (κ1) is 25.5. The fraction of sp³-hybridized carbons (Fsp3) is 0.222. The van der Waals surface area contributed by atoms with E-state index in [1.165, 1.54) is 17.0 Å². The molecule has 0 fully saturated rings. The molecule has 0 aliphatic carbocycles. The highest BCUT2D eigenvalue weighted by Gasteiger charge is 2.32. The van der Waals surface area contributed by atoms with E-state index in [1.54, 1.807) is 30.5 Å². The molecule has 0 saturated carbocycles. The molecule has 0 radical (unpaired) electrons. The van der Waals surface area contributed by atoms with Crippen molar-refractivity contribution in [3.05, 3.63) is 87.6 Å². The lowest BCUT2D eigenvalue weighted by Gasteiger charge is -2.29. The van der Waals surface area contributed by atoms with Gasteiger partial charge in [0, 0.05) is 35.4 Å². The summed E-state index contributed by atoms with van der Waals surface area (Å²) in [4.78, 5) is 25.0. The highest BCUT2D eigenvalue weighted by Crippen LogP contribution is 2.38. The summed E-state index contributed by atoms with van der Waals surface area (Å²) in [7, 11) is 0. The molecule has 2 aromatic heterocycles. The van der Waals surface area contributed by atoms with E-state index in [0.717, 1.165) is 46.3 Å². The number of halogens is 3. The Morgan fingerprint density at radius 3 is 2.63 bits per heavy atom. The summed E-state index contributed by atoms with van der Waals surface area (Å²) in [6.45, 7) is 6.87. The third kappa shape index (κ3) is 5.01. The summed E-state index contributed by atoms with van der Waals surface area (Å²) >= 11 is 1.59. The van der Waals surface area contributed by atoms with Gasteiger partial charge in [0.25, 0.3) is 5.91 Å². The van der Waals surface area contributed by atoms with Crippen LogP contribution in [0.5, 0.6) is 0 Å². The Hall–Kier alpha value is -4.12. The number of hydrogen-bond donors (Lipinski definition) is 2. The van der Waals surface area contributed by atoms with Crippen LogP contribution in [0.2, 0.25) is 0 Å². The second kappa shape index (κ2) is 9.97. The number of carbonyl (C=O) groups excluding carboxylic acids is 1. The molecule has 3 heterocycles. The zero-order valence-corrected chi connectivity index (χ0v) is 21.7. The van der Waals surface area contributed by atoms with Crippen LogP contribution >= 0.6 is 11.3 Å². The number of rotatable bonds is 5. The van der Waals surface area contributed by atoms with Crippen molar-refractivity contribution in [1.82, 2.24) is 14.9 Å². The summed E-state index contributed by atoms with van der Waals surface area (Å²) in [5.41, 5.74) is 3.11. The van der Waals surface area contributed by atoms with Crippen molar-refractivity contribution in [3.63, 3.8) is 0 Å². The number of hydrogen-bond acceptors (Lipinski definition) is 6. The maximum absolute atomic E-state index is 13.7. The Morgan fingerprint density at radius 2 is 1.92 bits per heavy atom. The molecular weight excluding hydrogens is 513 g/mol. The fourth-order valence-corrected chi connectivity index (χ4v) is 5.17. The Morgan fingerprint density at radius 1 is 1.11 bits per heavy atom. The summed E-state index contributed by atoms with van der Waals surface area (Å²) in [5, 5.41) is 8.07. The molecule has 1 aliphatic heterocycles. The molecule has 2 aromatic carbocycles. The van der Waals surface area contributed by atoms with Crippen LogP contribution in [0.4, 0.5) is 30.2 Å². The second-order valence-corrected chi connectivity index (χ2v) is 9.80. The van der Waals surface area contributed by atoms with Crippen LogP contribution in [0.15, 0.2) is 65.4 Å². The molecule has 5 rings (SSSR count). The van der Waals surface area contributed by atoms with Gasteiger partial charge in [-0.3, -0.25) is 4.79 Å². The van der Waals surface area contributed by atoms with E-state index in [4.69, 9.17) is 0 Å². The molecule has 196 valence electrons. The highest BCUT2D eigenvalue weighted by molar-refractivity contribution is 7.12. The topological polar surface area (TPSA) is 74.6 Å². The molecular formula is C27H25F3N6OS. The van der Waals surface area contributed by atoms with Crippen molar-refractivity contribution in [2.45, 2.75) is 26.9 Å². The molecule has 4 aromatic rings. The SMILES string of the molecule is CCNC1=NCN(c2cc(NC(=O)c3cc(-n4cnc(C)c4)cc(C(F)(F)F)c3)ccc2C)c2ccsc21. The van der Waals surface area contributed by atoms with Gasteiger partial charge >= 0.3 is 6.18 Å². The minimum Gasteiger partial charge on any atom is -0.369 e. The summed E-state index contributed by atoms with van der Waals surface area (Å²) < 4.78 is 42.4. The van der Waals surface area contributed by atoms with Crippen LogP contribution in [-0.2, 0) is 6.18 Å². The van der Waals surface area contributed by atoms with Crippen molar-refractivity contribution < 1.29 is 18.0 Å². The van der Waals surface area contributed by atoms with Gasteiger partial charge < -0.3 is 20.1 Å². The number of thiophene rings is 1. The van der Waals surface area contributed by atoms with Crippen molar-refractivity contribution in [2.75, 3.05) is 23.4 Å². The maximum Gasteiger partial charge on any atom is 0.416 e. The maximum atomic E-state index is 13.7. The number of fused-ring (bicyclic) bond motifs is 1. The number of amidine groups is 1. The lowest BCUT2D eigenvalue weighted by molar-refractivity contribution is -0.137. The van der Waals surface area contributed by atoms with E-state index in [-0.39, 0.29) is 11.3 Å². The van der Waals surface area contributed by atoms with Crippen molar-refractivity contribution in [3.8, 4) is 5.69 Å². The van der Waals surface area contributed by atoms with Crippen LogP contribution in [-0.4, -0.2) is 34.5 Å². The van der Waals surface area contributed by atoms with Gasteiger partial charge in [-0.05, 0) is 68.1 Å². The lowest BCUT2D eigenvalue weighted by Crippen LogP contribution is -2.32. The van der Waals surface area contributed by atoms with Crippen molar-refractivity contribution >= 4 is 40.1 Å². The van der Waals surface area contributed by atoms with Crippen molar-refractivity contribution in [1.29, 1.82) is 0 Å². The predicted octanol–water partition coefficient (Wildman–Crippen LogP) is 6.29. The highest BCUT2D eigenvalue weighted by atomic mass is 32.1. The average Bonchev–Trinajstić information content (AvgIpc) is 3.55. The molecule has 38 heavy (non-hydrogen) atoms. The van der Waals surface area contributed by atoms with Gasteiger partial charge in [0.15, 0.2) is 0 Å². The Labute approximate surface area is 221 Å². The van der Waals surface area contributed by atoms with Gasteiger partial charge in [-0.25, -0.2) is 9.98 Å². The zero-order chi connectivity index (χ0) is 27.0. The van der Waals surface area contributed by atoms with Gasteiger partial charge in [0.05, 0.1) is 28.1 Å². The smallest absolute Gasteiger partial charge is 0.369 e. The molecule has 1 amide bonds. The zero-order valence-electron chi connectivity index (χ0n) is 20.9. The first-order valence-corrected chi connectivity index (χ1v) is 12.8. The molecule has 7 nitrogen and oxygen atoms in total. The minimum absolute atomic E-state index is 0.110. The summed E-state index contributed by atoms with van der Waals surface area (Å²) in [5.74, 6) is 0.204. The Balaban J connectivity index is 1.46.